The summed E-state index contributed by atoms with van der Waals surface area (Å²) in [5.74, 6) is 0.986. The summed E-state index contributed by atoms with van der Waals surface area (Å²) in [6.07, 6.45) is 5.41. The number of rotatable bonds is 6. The molecule has 0 atom stereocenters. The smallest absolute Gasteiger partial charge is 0.407 e. The maximum Gasteiger partial charge on any atom is 0.407 e. The van der Waals surface area contributed by atoms with Gasteiger partial charge in [-0.25, -0.2) is 19.7 Å². The standard InChI is InChI=1S/C17H24N6O2/c1-17(2,3)25-16(24)21-7-4-6-20-15-22-10-13(11-23-15)12-5-8-19-14(18)9-12/h5,8-11H,4,6-7H2,1-3H3,(H2,18,19)(H,21,24)(H,20,22,23). The van der Waals surface area contributed by atoms with Crippen LogP contribution in [0.5, 0.6) is 0 Å². The quantitative estimate of drug-likeness (QED) is 0.689. The summed E-state index contributed by atoms with van der Waals surface area (Å²) in [7, 11) is 0. The molecule has 2 rings (SSSR count). The molecule has 0 aliphatic carbocycles. The molecule has 0 spiro atoms. The van der Waals surface area contributed by atoms with Crippen LogP contribution in [0.1, 0.15) is 27.2 Å². The number of nitrogen functional groups attached to an aromatic ring is 1. The number of nitrogens with zero attached hydrogens (tertiary/aromatic N) is 3. The molecule has 0 aliphatic heterocycles. The van der Waals surface area contributed by atoms with Crippen LogP contribution < -0.4 is 16.4 Å². The summed E-state index contributed by atoms with van der Waals surface area (Å²) in [6.45, 7) is 6.63. The van der Waals surface area contributed by atoms with Crippen LogP contribution in [-0.4, -0.2) is 39.7 Å². The van der Waals surface area contributed by atoms with Gasteiger partial charge in [-0.15, -0.1) is 0 Å². The van der Waals surface area contributed by atoms with Gasteiger partial charge in [0.2, 0.25) is 5.95 Å². The fourth-order valence-electron chi connectivity index (χ4n) is 1.99. The first-order valence-corrected chi connectivity index (χ1v) is 8.08. The van der Waals surface area contributed by atoms with Crippen molar-refractivity contribution in [3.8, 4) is 11.1 Å². The van der Waals surface area contributed by atoms with Crippen LogP contribution in [0.2, 0.25) is 0 Å². The van der Waals surface area contributed by atoms with E-state index in [0.717, 1.165) is 17.5 Å². The average molecular weight is 344 g/mol. The number of hydrogen-bond acceptors (Lipinski definition) is 7. The van der Waals surface area contributed by atoms with Crippen LogP contribution >= 0.6 is 0 Å². The lowest BCUT2D eigenvalue weighted by Gasteiger charge is -2.19. The highest BCUT2D eigenvalue weighted by Gasteiger charge is 2.15. The number of hydrogen-bond donors (Lipinski definition) is 3. The second-order valence-electron chi connectivity index (χ2n) is 6.47. The molecule has 2 heterocycles. The summed E-state index contributed by atoms with van der Waals surface area (Å²) in [5, 5.41) is 5.81. The van der Waals surface area contributed by atoms with Crippen LogP contribution in [0.15, 0.2) is 30.7 Å². The van der Waals surface area contributed by atoms with Crippen LogP contribution in [-0.2, 0) is 4.74 Å². The molecule has 0 saturated carbocycles. The van der Waals surface area contributed by atoms with Gasteiger partial charge in [0.05, 0.1) is 0 Å². The third-order valence-corrected chi connectivity index (χ3v) is 3.07. The molecule has 1 amide bonds. The Kier molecular flexibility index (Phi) is 6.10. The fourth-order valence-corrected chi connectivity index (χ4v) is 1.99. The minimum atomic E-state index is -0.489. The Balaban J connectivity index is 1.72. The van der Waals surface area contributed by atoms with Gasteiger partial charge in [-0.05, 0) is 44.9 Å². The van der Waals surface area contributed by atoms with E-state index >= 15 is 0 Å². The van der Waals surface area contributed by atoms with Crippen molar-refractivity contribution in [1.82, 2.24) is 20.3 Å². The van der Waals surface area contributed by atoms with E-state index in [1.54, 1.807) is 24.7 Å². The first-order valence-electron chi connectivity index (χ1n) is 8.08. The topological polar surface area (TPSA) is 115 Å². The van der Waals surface area contributed by atoms with Gasteiger partial charge in [0.1, 0.15) is 11.4 Å². The first kappa shape index (κ1) is 18.4. The number of nitrogens with two attached hydrogens (primary N) is 1. The maximum absolute atomic E-state index is 11.5. The number of alkyl carbamates (subject to hydrolysis) is 1. The minimum Gasteiger partial charge on any atom is -0.444 e. The van der Waals surface area contributed by atoms with Gasteiger partial charge in [-0.2, -0.15) is 0 Å². The van der Waals surface area contributed by atoms with Gasteiger partial charge in [0.25, 0.3) is 0 Å². The van der Waals surface area contributed by atoms with Crippen molar-refractivity contribution in [1.29, 1.82) is 0 Å². The zero-order chi connectivity index (χ0) is 18.3. The molecule has 8 heteroatoms. The Labute approximate surface area is 147 Å². The molecule has 134 valence electrons. The van der Waals surface area contributed by atoms with Gasteiger partial charge in [-0.3, -0.25) is 0 Å². The average Bonchev–Trinajstić information content (AvgIpc) is 2.53. The zero-order valence-electron chi connectivity index (χ0n) is 14.7. The number of amides is 1. The second kappa shape index (κ2) is 8.27. The predicted molar refractivity (Wildman–Crippen MR) is 97.0 cm³/mol. The lowest BCUT2D eigenvalue weighted by atomic mass is 10.1. The van der Waals surface area contributed by atoms with E-state index in [9.17, 15) is 4.79 Å². The summed E-state index contributed by atoms with van der Waals surface area (Å²) >= 11 is 0. The van der Waals surface area contributed by atoms with Crippen molar-refractivity contribution < 1.29 is 9.53 Å². The van der Waals surface area contributed by atoms with E-state index in [1.165, 1.54) is 0 Å². The number of carbonyl (C=O) groups excluding carboxylic acids is 1. The normalized spacial score (nSPS) is 11.0. The summed E-state index contributed by atoms with van der Waals surface area (Å²) in [6, 6.07) is 3.62. The molecule has 25 heavy (non-hydrogen) atoms. The highest BCUT2D eigenvalue weighted by Crippen LogP contribution is 2.18. The summed E-state index contributed by atoms with van der Waals surface area (Å²) in [4.78, 5) is 24.0. The summed E-state index contributed by atoms with van der Waals surface area (Å²) < 4.78 is 5.16. The Morgan fingerprint density at radius 3 is 2.52 bits per heavy atom. The predicted octanol–water partition coefficient (Wildman–Crippen LogP) is 2.45. The monoisotopic (exact) mass is 344 g/mol. The van der Waals surface area contributed by atoms with Crippen molar-refractivity contribution in [2.45, 2.75) is 32.8 Å². The molecule has 0 bridgehead atoms. The van der Waals surface area contributed by atoms with E-state index < -0.39 is 11.7 Å². The molecule has 0 saturated heterocycles. The van der Waals surface area contributed by atoms with Crippen molar-refractivity contribution in [2.24, 2.45) is 0 Å². The molecule has 4 N–H and O–H groups in total. The number of ether oxygens (including phenoxy) is 1. The molecular weight excluding hydrogens is 320 g/mol. The SMILES string of the molecule is CC(C)(C)OC(=O)NCCCNc1ncc(-c2ccnc(N)c2)cn1. The lowest BCUT2D eigenvalue weighted by molar-refractivity contribution is 0.0528. The molecule has 0 radical (unpaired) electrons. The third-order valence-electron chi connectivity index (χ3n) is 3.07. The van der Waals surface area contributed by atoms with Gasteiger partial charge in [-0.1, -0.05) is 0 Å². The lowest BCUT2D eigenvalue weighted by Crippen LogP contribution is -2.33. The number of nitrogens with one attached hydrogen (secondary N) is 2. The van der Waals surface area contributed by atoms with E-state index in [-0.39, 0.29) is 0 Å². The maximum atomic E-state index is 11.5. The molecule has 2 aromatic rings. The fraction of sp³-hybridized carbons (Fsp3) is 0.412. The minimum absolute atomic E-state index is 0.412. The van der Waals surface area contributed by atoms with Gasteiger partial charge in [0.15, 0.2) is 0 Å². The van der Waals surface area contributed by atoms with Gasteiger partial charge < -0.3 is 21.1 Å². The number of aromatic nitrogens is 3. The highest BCUT2D eigenvalue weighted by molar-refractivity contribution is 5.67. The van der Waals surface area contributed by atoms with Gasteiger partial charge in [0, 0.05) is 37.2 Å². The molecule has 0 aliphatic rings. The number of carbonyl (C=O) groups is 1. The van der Waals surface area contributed by atoms with Crippen LogP contribution in [0.4, 0.5) is 16.6 Å². The zero-order valence-corrected chi connectivity index (χ0v) is 14.7. The Morgan fingerprint density at radius 2 is 1.88 bits per heavy atom. The molecule has 0 aromatic carbocycles. The first-order chi connectivity index (χ1) is 11.8. The van der Waals surface area contributed by atoms with E-state index in [1.807, 2.05) is 26.8 Å². The van der Waals surface area contributed by atoms with Crippen molar-refractivity contribution >= 4 is 17.9 Å². The Hall–Kier alpha value is -2.90. The molecule has 8 nitrogen and oxygen atoms in total. The second-order valence-corrected chi connectivity index (χ2v) is 6.47. The van der Waals surface area contributed by atoms with Crippen LogP contribution in [0, 0.1) is 0 Å². The molecule has 0 unspecified atom stereocenters. The molecule has 2 aromatic heterocycles. The van der Waals surface area contributed by atoms with Crippen molar-refractivity contribution in [3.63, 3.8) is 0 Å². The van der Waals surface area contributed by atoms with Gasteiger partial charge >= 0.3 is 6.09 Å². The van der Waals surface area contributed by atoms with E-state index in [0.29, 0.717) is 24.9 Å². The van der Waals surface area contributed by atoms with Crippen LogP contribution in [0.3, 0.4) is 0 Å². The van der Waals surface area contributed by atoms with Crippen molar-refractivity contribution in [3.05, 3.63) is 30.7 Å². The van der Waals surface area contributed by atoms with Crippen LogP contribution in [0.25, 0.3) is 11.1 Å². The molecule has 0 fully saturated rings. The number of anilines is 2. The summed E-state index contributed by atoms with van der Waals surface area (Å²) in [5.41, 5.74) is 6.97. The number of pyridine rings is 1. The largest absolute Gasteiger partial charge is 0.444 e. The van der Waals surface area contributed by atoms with Crippen molar-refractivity contribution in [2.75, 3.05) is 24.1 Å². The third kappa shape index (κ3) is 6.62. The van der Waals surface area contributed by atoms with E-state index in [4.69, 9.17) is 10.5 Å². The Morgan fingerprint density at radius 1 is 1.16 bits per heavy atom. The highest BCUT2D eigenvalue weighted by atomic mass is 16.6. The van der Waals surface area contributed by atoms with E-state index in [2.05, 4.69) is 25.6 Å². The molecular formula is C17H24N6O2. The Bertz CT molecular complexity index is 697.